The first-order chi connectivity index (χ1) is 8.45. The van der Waals surface area contributed by atoms with Crippen LogP contribution in [0.2, 0.25) is 0 Å². The molecule has 0 radical (unpaired) electrons. The second kappa shape index (κ2) is 6.25. The average molecular weight is 261 g/mol. The lowest BCUT2D eigenvalue weighted by molar-refractivity contribution is 0.152. The lowest BCUT2D eigenvalue weighted by Crippen LogP contribution is -2.32. The standard InChI is InChI=1S/C11H14F3N3O/c12-8-5-7(11(15)16)1-2-9(8)17(3-4-18)6-10(13)14/h1-2,5,10,18H,3-4,6H2,(H3,15,16). The molecule has 0 saturated carbocycles. The Balaban J connectivity index is 3.01. The van der Waals surface area contributed by atoms with E-state index in [1.807, 2.05) is 0 Å². The Labute approximate surface area is 102 Å². The number of nitrogens with one attached hydrogen (secondary N) is 1. The molecule has 0 amide bonds. The number of hydrogen-bond donors (Lipinski definition) is 3. The Bertz CT molecular complexity index is 426. The maximum atomic E-state index is 13.7. The van der Waals surface area contributed by atoms with Crippen LogP contribution in [0, 0.1) is 11.2 Å². The fourth-order valence-corrected chi connectivity index (χ4v) is 1.53. The van der Waals surface area contributed by atoms with E-state index in [1.54, 1.807) is 0 Å². The number of nitrogen functional groups attached to an aromatic ring is 1. The van der Waals surface area contributed by atoms with Gasteiger partial charge in [-0.25, -0.2) is 13.2 Å². The van der Waals surface area contributed by atoms with Gasteiger partial charge in [-0.1, -0.05) is 0 Å². The number of aliphatic hydroxyl groups excluding tert-OH is 1. The van der Waals surface area contributed by atoms with Crippen molar-refractivity contribution in [2.75, 3.05) is 24.6 Å². The number of benzene rings is 1. The van der Waals surface area contributed by atoms with E-state index in [-0.39, 0.29) is 30.2 Å². The highest BCUT2D eigenvalue weighted by Crippen LogP contribution is 2.21. The predicted octanol–water partition coefficient (Wildman–Crippen LogP) is 1.17. The molecular formula is C11H14F3N3O. The van der Waals surface area contributed by atoms with E-state index in [0.29, 0.717) is 0 Å². The summed E-state index contributed by atoms with van der Waals surface area (Å²) in [5, 5.41) is 15.9. The van der Waals surface area contributed by atoms with Gasteiger partial charge in [0.2, 0.25) is 0 Å². The van der Waals surface area contributed by atoms with Gasteiger partial charge in [-0.3, -0.25) is 5.41 Å². The van der Waals surface area contributed by atoms with Crippen molar-refractivity contribution in [2.24, 2.45) is 5.73 Å². The minimum Gasteiger partial charge on any atom is -0.395 e. The molecular weight excluding hydrogens is 247 g/mol. The molecule has 0 saturated heterocycles. The molecule has 0 aliphatic carbocycles. The van der Waals surface area contributed by atoms with Crippen molar-refractivity contribution >= 4 is 11.5 Å². The topological polar surface area (TPSA) is 73.3 Å². The molecule has 100 valence electrons. The van der Waals surface area contributed by atoms with Crippen LogP contribution in [-0.2, 0) is 0 Å². The zero-order chi connectivity index (χ0) is 13.7. The Kier molecular flexibility index (Phi) is 4.96. The van der Waals surface area contributed by atoms with E-state index in [1.165, 1.54) is 12.1 Å². The smallest absolute Gasteiger partial charge is 0.255 e. The first-order valence-electron chi connectivity index (χ1n) is 5.23. The molecule has 0 unspecified atom stereocenters. The third-order valence-corrected chi connectivity index (χ3v) is 2.33. The largest absolute Gasteiger partial charge is 0.395 e. The summed E-state index contributed by atoms with van der Waals surface area (Å²) in [7, 11) is 0. The summed E-state index contributed by atoms with van der Waals surface area (Å²) in [4.78, 5) is 1.05. The molecule has 0 atom stereocenters. The van der Waals surface area contributed by atoms with Crippen LogP contribution in [0.15, 0.2) is 18.2 Å². The van der Waals surface area contributed by atoms with Crippen LogP contribution in [0.1, 0.15) is 5.56 Å². The Hall–Kier alpha value is -1.76. The van der Waals surface area contributed by atoms with Crippen molar-refractivity contribution in [1.29, 1.82) is 5.41 Å². The van der Waals surface area contributed by atoms with Gasteiger partial charge >= 0.3 is 0 Å². The molecule has 1 aromatic carbocycles. The highest BCUT2D eigenvalue weighted by atomic mass is 19.3. The van der Waals surface area contributed by atoms with E-state index in [4.69, 9.17) is 16.2 Å². The Morgan fingerprint density at radius 1 is 1.44 bits per heavy atom. The van der Waals surface area contributed by atoms with Crippen LogP contribution in [0.3, 0.4) is 0 Å². The van der Waals surface area contributed by atoms with Gasteiger partial charge in [0.1, 0.15) is 11.7 Å². The molecule has 1 rings (SSSR count). The molecule has 0 aliphatic rings. The normalized spacial score (nSPS) is 10.7. The van der Waals surface area contributed by atoms with Gasteiger partial charge in [0.05, 0.1) is 18.8 Å². The van der Waals surface area contributed by atoms with Crippen molar-refractivity contribution in [2.45, 2.75) is 6.43 Å². The zero-order valence-electron chi connectivity index (χ0n) is 9.54. The van der Waals surface area contributed by atoms with Gasteiger partial charge in [0.15, 0.2) is 0 Å². The van der Waals surface area contributed by atoms with Crippen LogP contribution < -0.4 is 10.6 Å². The summed E-state index contributed by atoms with van der Waals surface area (Å²) >= 11 is 0. The van der Waals surface area contributed by atoms with Crippen molar-refractivity contribution in [3.8, 4) is 0 Å². The molecule has 1 aromatic rings. The van der Waals surface area contributed by atoms with Gasteiger partial charge in [0, 0.05) is 12.1 Å². The van der Waals surface area contributed by atoms with Crippen LogP contribution >= 0.6 is 0 Å². The minimum absolute atomic E-state index is 0.0469. The quantitative estimate of drug-likeness (QED) is 0.531. The van der Waals surface area contributed by atoms with Crippen LogP contribution in [0.25, 0.3) is 0 Å². The van der Waals surface area contributed by atoms with Gasteiger partial charge in [-0.05, 0) is 18.2 Å². The van der Waals surface area contributed by atoms with Crippen LogP contribution in [0.5, 0.6) is 0 Å². The monoisotopic (exact) mass is 261 g/mol. The summed E-state index contributed by atoms with van der Waals surface area (Å²) in [6.07, 6.45) is -2.64. The van der Waals surface area contributed by atoms with Crippen LogP contribution in [0.4, 0.5) is 18.9 Å². The molecule has 7 heteroatoms. The molecule has 0 fully saturated rings. The second-order valence-electron chi connectivity index (χ2n) is 3.64. The van der Waals surface area contributed by atoms with E-state index >= 15 is 0 Å². The van der Waals surface area contributed by atoms with Gasteiger partial charge in [-0.15, -0.1) is 0 Å². The molecule has 0 spiro atoms. The fraction of sp³-hybridized carbons (Fsp3) is 0.364. The van der Waals surface area contributed by atoms with E-state index < -0.39 is 18.8 Å². The Morgan fingerprint density at radius 3 is 2.56 bits per heavy atom. The third kappa shape index (κ3) is 3.63. The van der Waals surface area contributed by atoms with E-state index in [2.05, 4.69) is 0 Å². The Morgan fingerprint density at radius 2 is 2.11 bits per heavy atom. The second-order valence-corrected chi connectivity index (χ2v) is 3.64. The van der Waals surface area contributed by atoms with Crippen molar-refractivity contribution in [3.63, 3.8) is 0 Å². The molecule has 0 bridgehead atoms. The minimum atomic E-state index is -2.64. The first kappa shape index (κ1) is 14.3. The highest BCUT2D eigenvalue weighted by molar-refractivity contribution is 5.95. The van der Waals surface area contributed by atoms with E-state index in [9.17, 15) is 13.2 Å². The molecule has 4 N–H and O–H groups in total. The third-order valence-electron chi connectivity index (χ3n) is 2.33. The molecule has 0 heterocycles. The number of hydrogen-bond acceptors (Lipinski definition) is 3. The highest BCUT2D eigenvalue weighted by Gasteiger charge is 2.16. The number of aliphatic hydroxyl groups is 1. The fourth-order valence-electron chi connectivity index (χ4n) is 1.53. The maximum absolute atomic E-state index is 13.7. The summed E-state index contributed by atoms with van der Waals surface area (Å²) in [6, 6.07) is 3.65. The molecule has 0 aromatic heterocycles. The molecule has 18 heavy (non-hydrogen) atoms. The van der Waals surface area contributed by atoms with Gasteiger partial charge in [-0.2, -0.15) is 0 Å². The van der Waals surface area contributed by atoms with Gasteiger partial charge < -0.3 is 15.7 Å². The summed E-state index contributed by atoms with van der Waals surface area (Å²) in [5.41, 5.74) is 5.32. The summed E-state index contributed by atoms with van der Waals surface area (Å²) < 4.78 is 38.4. The van der Waals surface area contributed by atoms with Crippen molar-refractivity contribution in [1.82, 2.24) is 0 Å². The number of nitrogens with two attached hydrogens (primary N) is 1. The number of alkyl halides is 2. The number of anilines is 1. The lowest BCUT2D eigenvalue weighted by atomic mass is 10.1. The van der Waals surface area contributed by atoms with Crippen LogP contribution in [-0.4, -0.2) is 37.1 Å². The maximum Gasteiger partial charge on any atom is 0.255 e. The SMILES string of the molecule is N=C(N)c1ccc(N(CCO)CC(F)F)c(F)c1. The first-order valence-corrected chi connectivity index (χ1v) is 5.23. The number of amidine groups is 1. The van der Waals surface area contributed by atoms with E-state index in [0.717, 1.165) is 11.0 Å². The zero-order valence-corrected chi connectivity index (χ0v) is 9.54. The summed E-state index contributed by atoms with van der Waals surface area (Å²) in [6.45, 7) is -1.13. The van der Waals surface area contributed by atoms with Gasteiger partial charge in [0.25, 0.3) is 6.43 Å². The molecule has 0 aliphatic heterocycles. The summed E-state index contributed by atoms with van der Waals surface area (Å²) in [5.74, 6) is -1.06. The number of nitrogens with zero attached hydrogens (tertiary/aromatic N) is 1. The number of halogens is 3. The van der Waals surface area contributed by atoms with Crippen molar-refractivity contribution < 1.29 is 18.3 Å². The predicted molar refractivity (Wildman–Crippen MR) is 62.7 cm³/mol. The lowest BCUT2D eigenvalue weighted by Gasteiger charge is -2.24. The van der Waals surface area contributed by atoms with Crippen molar-refractivity contribution in [3.05, 3.63) is 29.6 Å². The number of rotatable bonds is 6. The average Bonchev–Trinajstić information content (AvgIpc) is 2.27. The molecule has 4 nitrogen and oxygen atoms in total.